The fraction of sp³-hybridized carbons (Fsp3) is 0.235. The van der Waals surface area contributed by atoms with Crippen molar-refractivity contribution in [2.75, 3.05) is 20.7 Å². The summed E-state index contributed by atoms with van der Waals surface area (Å²) in [6.45, 7) is 0.768. The van der Waals surface area contributed by atoms with Gasteiger partial charge in [-0.05, 0) is 43.8 Å². The van der Waals surface area contributed by atoms with Gasteiger partial charge in [0.05, 0.1) is 12.7 Å². The predicted molar refractivity (Wildman–Crippen MR) is 80.5 cm³/mol. The van der Waals surface area contributed by atoms with Crippen molar-refractivity contribution in [3.05, 3.63) is 65.0 Å². The number of methoxy groups -OCH3 is 1. The summed E-state index contributed by atoms with van der Waals surface area (Å²) in [5.74, 6) is -0.297. The molecule has 0 aliphatic carbocycles. The molecular formula is C17H18FNO2. The lowest BCUT2D eigenvalue weighted by atomic mass is 9.96. The Bertz CT molecular complexity index is 640. The second-order valence-electron chi connectivity index (χ2n) is 4.68. The van der Waals surface area contributed by atoms with Crippen LogP contribution in [0, 0.1) is 5.82 Å². The van der Waals surface area contributed by atoms with Crippen molar-refractivity contribution in [1.29, 1.82) is 0 Å². The highest BCUT2D eigenvalue weighted by Crippen LogP contribution is 2.24. The molecular weight excluding hydrogens is 269 g/mol. The maximum atomic E-state index is 13.4. The summed E-state index contributed by atoms with van der Waals surface area (Å²) in [5.41, 5.74) is 1.76. The predicted octanol–water partition coefficient (Wildman–Crippen LogP) is 2.83. The molecule has 21 heavy (non-hydrogen) atoms. The minimum atomic E-state index is -0.452. The van der Waals surface area contributed by atoms with E-state index in [9.17, 15) is 9.18 Å². The zero-order valence-electron chi connectivity index (χ0n) is 12.2. The van der Waals surface area contributed by atoms with Crippen LogP contribution < -0.4 is 10.1 Å². The van der Waals surface area contributed by atoms with Gasteiger partial charge in [-0.15, -0.1) is 0 Å². The third kappa shape index (κ3) is 3.47. The highest BCUT2D eigenvalue weighted by Gasteiger charge is 2.18. The first-order chi connectivity index (χ1) is 10.2. The molecule has 0 aliphatic rings. The third-order valence-electron chi connectivity index (χ3n) is 3.31. The second kappa shape index (κ2) is 6.99. The van der Waals surface area contributed by atoms with Crippen molar-refractivity contribution in [3.8, 4) is 5.75 Å². The van der Waals surface area contributed by atoms with E-state index >= 15 is 0 Å². The number of carbonyl (C=O) groups excluding carboxylic acids is 1. The molecule has 0 spiro atoms. The summed E-state index contributed by atoms with van der Waals surface area (Å²) in [4.78, 5) is 12.7. The van der Waals surface area contributed by atoms with Crippen molar-refractivity contribution in [1.82, 2.24) is 5.32 Å². The van der Waals surface area contributed by atoms with Gasteiger partial charge in [0, 0.05) is 5.56 Å². The van der Waals surface area contributed by atoms with Gasteiger partial charge in [0.1, 0.15) is 11.6 Å². The van der Waals surface area contributed by atoms with Gasteiger partial charge in [-0.2, -0.15) is 0 Å². The fourth-order valence-electron chi connectivity index (χ4n) is 2.22. The number of nitrogens with one attached hydrogen (secondary N) is 1. The van der Waals surface area contributed by atoms with E-state index < -0.39 is 5.82 Å². The molecule has 2 aromatic rings. The molecule has 0 saturated heterocycles. The summed E-state index contributed by atoms with van der Waals surface area (Å²) in [6.07, 6.45) is 0.732. The first-order valence-electron chi connectivity index (χ1n) is 6.78. The van der Waals surface area contributed by atoms with Crippen molar-refractivity contribution in [2.24, 2.45) is 0 Å². The average molecular weight is 287 g/mol. The normalized spacial score (nSPS) is 10.4. The number of hydrogen-bond acceptors (Lipinski definition) is 3. The van der Waals surface area contributed by atoms with E-state index in [-0.39, 0.29) is 11.3 Å². The summed E-state index contributed by atoms with van der Waals surface area (Å²) >= 11 is 0. The Hall–Kier alpha value is -2.20. The number of hydrogen-bond donors (Lipinski definition) is 1. The molecule has 0 atom stereocenters. The molecule has 0 aliphatic heterocycles. The molecule has 0 radical (unpaired) electrons. The van der Waals surface area contributed by atoms with Crippen molar-refractivity contribution in [3.63, 3.8) is 0 Å². The van der Waals surface area contributed by atoms with E-state index in [4.69, 9.17) is 4.74 Å². The zero-order chi connectivity index (χ0) is 15.2. The summed E-state index contributed by atoms with van der Waals surface area (Å²) in [5, 5.41) is 3.06. The Morgan fingerprint density at radius 1 is 1.19 bits per heavy atom. The number of ketones is 1. The minimum Gasteiger partial charge on any atom is -0.496 e. The topological polar surface area (TPSA) is 38.3 Å². The molecule has 0 bridgehead atoms. The lowest BCUT2D eigenvalue weighted by Crippen LogP contribution is -2.14. The van der Waals surface area contributed by atoms with Crippen LogP contribution in [0.2, 0.25) is 0 Å². The first-order valence-corrected chi connectivity index (χ1v) is 6.78. The van der Waals surface area contributed by atoms with Crippen molar-refractivity contribution >= 4 is 5.78 Å². The standard InChI is InChI=1S/C17H18FNO2/c1-19-10-9-12-5-3-4-6-14(12)17(20)15-11-13(18)7-8-16(15)21-2/h3-8,11,19H,9-10H2,1-2H3. The Labute approximate surface area is 123 Å². The maximum Gasteiger partial charge on any atom is 0.197 e. The van der Waals surface area contributed by atoms with Gasteiger partial charge >= 0.3 is 0 Å². The number of rotatable bonds is 6. The Kier molecular flexibility index (Phi) is 5.06. The van der Waals surface area contributed by atoms with Gasteiger partial charge in [-0.3, -0.25) is 4.79 Å². The summed E-state index contributed by atoms with van der Waals surface area (Å²) in [6, 6.07) is 11.3. The highest BCUT2D eigenvalue weighted by atomic mass is 19.1. The molecule has 2 aromatic carbocycles. The molecule has 0 unspecified atom stereocenters. The van der Waals surface area contributed by atoms with E-state index in [1.807, 2.05) is 25.2 Å². The van der Waals surface area contributed by atoms with Gasteiger partial charge in [0.2, 0.25) is 0 Å². The monoisotopic (exact) mass is 287 g/mol. The van der Waals surface area contributed by atoms with E-state index in [1.165, 1.54) is 25.3 Å². The molecule has 1 N–H and O–H groups in total. The van der Waals surface area contributed by atoms with Crippen LogP contribution in [0.15, 0.2) is 42.5 Å². The molecule has 2 rings (SSSR count). The molecule has 0 fully saturated rings. The van der Waals surface area contributed by atoms with Crippen LogP contribution in [-0.2, 0) is 6.42 Å². The molecule has 0 saturated carbocycles. The summed E-state index contributed by atoms with van der Waals surface area (Å²) < 4.78 is 18.6. The summed E-state index contributed by atoms with van der Waals surface area (Å²) in [7, 11) is 3.33. The largest absolute Gasteiger partial charge is 0.496 e. The maximum absolute atomic E-state index is 13.4. The van der Waals surface area contributed by atoms with Crippen LogP contribution in [0.1, 0.15) is 21.5 Å². The van der Waals surface area contributed by atoms with Gasteiger partial charge in [0.25, 0.3) is 0 Å². The van der Waals surface area contributed by atoms with Crippen molar-refractivity contribution < 1.29 is 13.9 Å². The van der Waals surface area contributed by atoms with E-state index in [1.54, 1.807) is 6.07 Å². The van der Waals surface area contributed by atoms with Gasteiger partial charge in [-0.1, -0.05) is 24.3 Å². The smallest absolute Gasteiger partial charge is 0.197 e. The molecule has 0 aromatic heterocycles. The number of halogens is 1. The molecule has 3 nitrogen and oxygen atoms in total. The Morgan fingerprint density at radius 2 is 1.95 bits per heavy atom. The third-order valence-corrected chi connectivity index (χ3v) is 3.31. The number of benzene rings is 2. The minimum absolute atomic E-state index is 0.224. The lowest BCUT2D eigenvalue weighted by Gasteiger charge is -2.11. The Morgan fingerprint density at radius 3 is 2.67 bits per heavy atom. The Balaban J connectivity index is 2.43. The highest BCUT2D eigenvalue weighted by molar-refractivity contribution is 6.11. The molecule has 110 valence electrons. The van der Waals surface area contributed by atoms with E-state index in [2.05, 4.69) is 5.32 Å². The van der Waals surface area contributed by atoms with E-state index in [0.29, 0.717) is 11.3 Å². The molecule has 4 heteroatoms. The van der Waals surface area contributed by atoms with Crippen LogP contribution in [0.3, 0.4) is 0 Å². The van der Waals surface area contributed by atoms with E-state index in [0.717, 1.165) is 18.5 Å². The van der Waals surface area contributed by atoms with Gasteiger partial charge < -0.3 is 10.1 Å². The van der Waals surface area contributed by atoms with Crippen LogP contribution in [0.5, 0.6) is 5.75 Å². The average Bonchev–Trinajstić information content (AvgIpc) is 2.52. The fourth-order valence-corrected chi connectivity index (χ4v) is 2.22. The number of ether oxygens (including phenoxy) is 1. The molecule has 0 amide bonds. The number of likely N-dealkylation sites (N-methyl/N-ethyl adjacent to an activating group) is 1. The van der Waals surface area contributed by atoms with Crippen LogP contribution in [-0.4, -0.2) is 26.5 Å². The van der Waals surface area contributed by atoms with Gasteiger partial charge in [-0.25, -0.2) is 4.39 Å². The number of carbonyl (C=O) groups is 1. The SMILES string of the molecule is CNCCc1ccccc1C(=O)c1cc(F)ccc1OC. The first kappa shape index (κ1) is 15.2. The second-order valence-corrected chi connectivity index (χ2v) is 4.68. The lowest BCUT2D eigenvalue weighted by molar-refractivity contribution is 0.103. The quantitative estimate of drug-likeness (QED) is 0.830. The van der Waals surface area contributed by atoms with Gasteiger partial charge in [0.15, 0.2) is 5.78 Å². The van der Waals surface area contributed by atoms with Crippen molar-refractivity contribution in [2.45, 2.75) is 6.42 Å². The zero-order valence-corrected chi connectivity index (χ0v) is 12.2. The van der Waals surface area contributed by atoms with Crippen LogP contribution >= 0.6 is 0 Å². The van der Waals surface area contributed by atoms with Crippen LogP contribution in [0.25, 0.3) is 0 Å². The van der Waals surface area contributed by atoms with Crippen LogP contribution in [0.4, 0.5) is 4.39 Å². The molecule has 0 heterocycles.